The molecule has 1 aromatic carbocycles. The summed E-state index contributed by atoms with van der Waals surface area (Å²) in [6, 6.07) is 6.89. The number of hydrogen-bond donors (Lipinski definition) is 1. The van der Waals surface area contributed by atoms with Crippen LogP contribution in [0.15, 0.2) is 30.3 Å². The smallest absolute Gasteiger partial charge is 0.401 e. The number of carboxylic acid groups (broad SMARTS) is 1. The third-order valence-corrected chi connectivity index (χ3v) is 3.23. The fourth-order valence-corrected chi connectivity index (χ4v) is 2.12. The van der Waals surface area contributed by atoms with Crippen molar-refractivity contribution in [3.8, 4) is 0 Å². The van der Waals surface area contributed by atoms with Crippen LogP contribution < -0.4 is 0 Å². The molecule has 0 amide bonds. The maximum Gasteiger partial charge on any atom is 0.401 e. The molecule has 1 fully saturated rings. The molecule has 1 aliphatic carbocycles. The lowest BCUT2D eigenvalue weighted by Crippen LogP contribution is -2.35. The minimum Gasteiger partial charge on any atom is -0.478 e. The second kappa shape index (κ2) is 6.30. The fraction of sp³-hybridized carbons (Fsp3) is 0.400. The molecule has 1 aliphatic rings. The van der Waals surface area contributed by atoms with Crippen LogP contribution in [0.5, 0.6) is 0 Å². The summed E-state index contributed by atoms with van der Waals surface area (Å²) in [7, 11) is 0. The maximum atomic E-state index is 12.5. The summed E-state index contributed by atoms with van der Waals surface area (Å²) < 4.78 is 37.6. The minimum atomic E-state index is -4.19. The number of halogens is 3. The zero-order valence-corrected chi connectivity index (χ0v) is 11.3. The van der Waals surface area contributed by atoms with Crippen molar-refractivity contribution in [3.05, 3.63) is 41.5 Å². The van der Waals surface area contributed by atoms with E-state index in [1.165, 1.54) is 11.0 Å². The molecule has 0 atom stereocenters. The molecule has 0 radical (unpaired) electrons. The highest BCUT2D eigenvalue weighted by atomic mass is 19.4. The molecule has 6 heteroatoms. The van der Waals surface area contributed by atoms with Gasteiger partial charge >= 0.3 is 12.1 Å². The summed E-state index contributed by atoms with van der Waals surface area (Å²) in [6.45, 7) is -0.633. The van der Waals surface area contributed by atoms with Crippen molar-refractivity contribution >= 4 is 12.0 Å². The second-order valence-corrected chi connectivity index (χ2v) is 5.16. The molecule has 2 rings (SSSR count). The maximum absolute atomic E-state index is 12.5. The van der Waals surface area contributed by atoms with E-state index in [0.717, 1.165) is 24.5 Å². The molecular weight excluding hydrogens is 283 g/mol. The van der Waals surface area contributed by atoms with Crippen LogP contribution in [-0.2, 0) is 11.3 Å². The summed E-state index contributed by atoms with van der Waals surface area (Å²) in [6.07, 6.45) is -0.0899. The molecule has 0 aliphatic heterocycles. The molecule has 21 heavy (non-hydrogen) atoms. The number of benzene rings is 1. The van der Waals surface area contributed by atoms with E-state index in [0.29, 0.717) is 5.56 Å². The van der Waals surface area contributed by atoms with E-state index in [1.54, 1.807) is 24.3 Å². The Labute approximate surface area is 120 Å². The first-order chi connectivity index (χ1) is 9.83. The van der Waals surface area contributed by atoms with Crippen molar-refractivity contribution in [1.29, 1.82) is 0 Å². The summed E-state index contributed by atoms with van der Waals surface area (Å²) in [5, 5.41) is 8.52. The fourth-order valence-electron chi connectivity index (χ4n) is 2.12. The van der Waals surface area contributed by atoms with Gasteiger partial charge in [-0.3, -0.25) is 4.90 Å². The van der Waals surface area contributed by atoms with E-state index in [2.05, 4.69) is 0 Å². The number of alkyl halides is 3. The number of carbonyl (C=O) groups is 1. The first-order valence-corrected chi connectivity index (χ1v) is 6.64. The number of aliphatic carboxylic acids is 1. The van der Waals surface area contributed by atoms with E-state index in [9.17, 15) is 18.0 Å². The number of nitrogens with zero attached hydrogens (tertiary/aromatic N) is 1. The van der Waals surface area contributed by atoms with Crippen LogP contribution in [0.25, 0.3) is 6.08 Å². The van der Waals surface area contributed by atoms with Crippen LogP contribution in [0.2, 0.25) is 0 Å². The zero-order valence-electron chi connectivity index (χ0n) is 11.3. The molecule has 1 N–H and O–H groups in total. The van der Waals surface area contributed by atoms with Crippen molar-refractivity contribution in [2.24, 2.45) is 0 Å². The Hall–Kier alpha value is -1.82. The summed E-state index contributed by atoms with van der Waals surface area (Å²) in [4.78, 5) is 11.8. The predicted molar refractivity (Wildman–Crippen MR) is 72.6 cm³/mol. The highest BCUT2D eigenvalue weighted by molar-refractivity contribution is 5.85. The van der Waals surface area contributed by atoms with Crippen molar-refractivity contribution in [2.45, 2.75) is 31.6 Å². The van der Waals surface area contributed by atoms with Gasteiger partial charge < -0.3 is 5.11 Å². The molecule has 0 saturated heterocycles. The van der Waals surface area contributed by atoms with Gasteiger partial charge in [-0.25, -0.2) is 4.79 Å². The van der Waals surface area contributed by atoms with Gasteiger partial charge in [-0.15, -0.1) is 0 Å². The average molecular weight is 299 g/mol. The third-order valence-electron chi connectivity index (χ3n) is 3.23. The van der Waals surface area contributed by atoms with Crippen LogP contribution in [0, 0.1) is 0 Å². The molecular formula is C15H16F3NO2. The highest BCUT2D eigenvalue weighted by Crippen LogP contribution is 2.31. The Kier molecular flexibility index (Phi) is 4.67. The molecule has 1 aromatic rings. The van der Waals surface area contributed by atoms with Gasteiger partial charge in [0.2, 0.25) is 0 Å². The lowest BCUT2D eigenvalue weighted by atomic mass is 10.1. The molecule has 3 nitrogen and oxygen atoms in total. The van der Waals surface area contributed by atoms with Crippen molar-refractivity contribution in [1.82, 2.24) is 4.90 Å². The van der Waals surface area contributed by atoms with Crippen molar-refractivity contribution in [3.63, 3.8) is 0 Å². The van der Waals surface area contributed by atoms with Crippen molar-refractivity contribution in [2.75, 3.05) is 6.54 Å². The van der Waals surface area contributed by atoms with E-state index >= 15 is 0 Å². The molecule has 114 valence electrons. The normalized spacial score (nSPS) is 15.8. The Morgan fingerprint density at radius 3 is 2.38 bits per heavy atom. The molecule has 0 spiro atoms. The Balaban J connectivity index is 1.99. The molecule has 0 unspecified atom stereocenters. The second-order valence-electron chi connectivity index (χ2n) is 5.16. The van der Waals surface area contributed by atoms with Crippen LogP contribution in [0.4, 0.5) is 13.2 Å². The number of rotatable bonds is 6. The monoisotopic (exact) mass is 299 g/mol. The van der Waals surface area contributed by atoms with Crippen LogP contribution in [0.3, 0.4) is 0 Å². The minimum absolute atomic E-state index is 0.0261. The largest absolute Gasteiger partial charge is 0.478 e. The van der Waals surface area contributed by atoms with Crippen LogP contribution in [0.1, 0.15) is 24.0 Å². The lowest BCUT2D eigenvalue weighted by molar-refractivity contribution is -0.148. The van der Waals surface area contributed by atoms with Gasteiger partial charge in [0.1, 0.15) is 0 Å². The van der Waals surface area contributed by atoms with Gasteiger partial charge in [0.05, 0.1) is 6.54 Å². The Morgan fingerprint density at radius 1 is 1.29 bits per heavy atom. The van der Waals surface area contributed by atoms with Crippen LogP contribution >= 0.6 is 0 Å². The van der Waals surface area contributed by atoms with E-state index in [1.807, 2.05) is 0 Å². The van der Waals surface area contributed by atoms with Gasteiger partial charge in [-0.1, -0.05) is 24.3 Å². The number of carboxylic acids is 1. The first-order valence-electron chi connectivity index (χ1n) is 6.64. The summed E-state index contributed by atoms with van der Waals surface area (Å²) in [5.74, 6) is -1.04. The Bertz CT molecular complexity index is 519. The van der Waals surface area contributed by atoms with Gasteiger partial charge in [0.25, 0.3) is 0 Å². The van der Waals surface area contributed by atoms with Gasteiger partial charge in [-0.05, 0) is 30.0 Å². The van der Waals surface area contributed by atoms with E-state index in [-0.39, 0.29) is 12.6 Å². The quantitative estimate of drug-likeness (QED) is 0.819. The number of hydrogen-bond acceptors (Lipinski definition) is 2. The van der Waals surface area contributed by atoms with E-state index in [4.69, 9.17) is 5.11 Å². The SMILES string of the molecule is O=C(O)C=Cc1ccc(CN(CC(F)(F)F)C2CC2)cc1. The summed E-state index contributed by atoms with van der Waals surface area (Å²) in [5.41, 5.74) is 1.49. The van der Waals surface area contributed by atoms with Gasteiger partial charge in [-0.2, -0.15) is 13.2 Å². The topological polar surface area (TPSA) is 40.5 Å². The average Bonchev–Trinajstić information content (AvgIpc) is 3.19. The third kappa shape index (κ3) is 5.59. The molecule has 0 bridgehead atoms. The predicted octanol–water partition coefficient (Wildman–Crippen LogP) is 3.31. The molecule has 1 saturated carbocycles. The Morgan fingerprint density at radius 2 is 1.90 bits per heavy atom. The summed E-state index contributed by atoms with van der Waals surface area (Å²) >= 11 is 0. The first kappa shape index (κ1) is 15.6. The highest BCUT2D eigenvalue weighted by Gasteiger charge is 2.37. The van der Waals surface area contributed by atoms with Crippen molar-refractivity contribution < 1.29 is 23.1 Å². The standard InChI is InChI=1S/C15H16F3NO2/c16-15(17,18)10-19(13-6-7-13)9-12-3-1-11(2-4-12)5-8-14(20)21/h1-5,8,13H,6-7,9-10H2,(H,20,21). The van der Waals surface area contributed by atoms with Crippen LogP contribution in [-0.4, -0.2) is 34.7 Å². The van der Waals surface area contributed by atoms with E-state index < -0.39 is 18.7 Å². The lowest BCUT2D eigenvalue weighted by Gasteiger charge is -2.23. The molecule has 0 heterocycles. The molecule has 0 aromatic heterocycles. The van der Waals surface area contributed by atoms with Gasteiger partial charge in [0, 0.05) is 18.7 Å². The zero-order chi connectivity index (χ0) is 15.5. The van der Waals surface area contributed by atoms with Gasteiger partial charge in [0.15, 0.2) is 0 Å².